The number of aromatic nitrogens is 2. The molecule has 0 saturated heterocycles. The molecule has 4 nitrogen and oxygen atoms in total. The number of benzene rings is 2. The van der Waals surface area contributed by atoms with Crippen molar-refractivity contribution in [3.8, 4) is 22.4 Å². The number of hydrogen-bond acceptors (Lipinski definition) is 5. The van der Waals surface area contributed by atoms with Crippen LogP contribution in [0.5, 0.6) is 0 Å². The van der Waals surface area contributed by atoms with Crippen molar-refractivity contribution >= 4 is 23.6 Å². The Kier molecular flexibility index (Phi) is 6.01. The molecule has 0 aliphatic rings. The lowest BCUT2D eigenvalue weighted by atomic mass is 10.0. The van der Waals surface area contributed by atoms with Gasteiger partial charge in [-0.1, -0.05) is 54.1 Å². The zero-order chi connectivity index (χ0) is 19.4. The molecule has 0 N–H and O–H groups in total. The topological polar surface area (TPSA) is 44.2 Å². The quantitative estimate of drug-likeness (QED) is 0.220. The molecule has 3 aromatic rings. The molecule has 0 amide bonds. The Morgan fingerprint density at radius 1 is 0.926 bits per heavy atom. The molecule has 1 aromatic heterocycles. The minimum Gasteiger partial charge on any atom is -0.227 e. The van der Waals surface area contributed by atoms with Gasteiger partial charge in [0.25, 0.3) is 0 Å². The van der Waals surface area contributed by atoms with Crippen LogP contribution in [0, 0.1) is 0 Å². The van der Waals surface area contributed by atoms with E-state index >= 15 is 0 Å². The minimum atomic E-state index is -4.71. The molecule has 0 atom stereocenters. The van der Waals surface area contributed by atoms with Crippen molar-refractivity contribution in [3.63, 3.8) is 0 Å². The second kappa shape index (κ2) is 8.26. The van der Waals surface area contributed by atoms with E-state index in [1.165, 1.54) is 7.11 Å². The molecule has 27 heavy (non-hydrogen) atoms. The first-order chi connectivity index (χ1) is 12.9. The fraction of sp³-hybridized carbons (Fsp3) is 0.111. The average molecular weight is 413 g/mol. The highest BCUT2D eigenvalue weighted by atomic mass is 35.5. The highest BCUT2D eigenvalue weighted by Gasteiger charge is 2.36. The molecule has 0 bridgehead atoms. The maximum atomic E-state index is 13.2. The maximum Gasteiger partial charge on any atom is 0.451 e. The fourth-order valence-corrected chi connectivity index (χ4v) is 3.04. The van der Waals surface area contributed by atoms with E-state index in [4.69, 9.17) is 15.9 Å². The van der Waals surface area contributed by atoms with Crippen molar-refractivity contribution in [3.05, 3.63) is 65.6 Å². The highest BCUT2D eigenvalue weighted by Crippen LogP contribution is 2.38. The molecule has 2 aromatic carbocycles. The summed E-state index contributed by atoms with van der Waals surface area (Å²) in [7, 11) is 1.37. The van der Waals surface area contributed by atoms with E-state index in [9.17, 15) is 13.2 Å². The Morgan fingerprint density at radius 2 is 1.59 bits per heavy atom. The summed E-state index contributed by atoms with van der Waals surface area (Å²) in [5, 5.41) is -0.264. The summed E-state index contributed by atoms with van der Waals surface area (Å²) in [6.45, 7) is 0. The van der Waals surface area contributed by atoms with E-state index in [0.717, 1.165) is 12.0 Å². The predicted molar refractivity (Wildman–Crippen MR) is 96.9 cm³/mol. The van der Waals surface area contributed by atoms with Crippen LogP contribution in [0.1, 0.15) is 5.82 Å². The molecular weight excluding hydrogens is 401 g/mol. The van der Waals surface area contributed by atoms with Crippen LogP contribution in [0.4, 0.5) is 13.2 Å². The van der Waals surface area contributed by atoms with Crippen LogP contribution in [0.25, 0.3) is 22.4 Å². The van der Waals surface area contributed by atoms with Gasteiger partial charge in [-0.2, -0.15) is 17.5 Å². The number of rotatable bonds is 5. The molecule has 0 unspecified atom stereocenters. The standard InChI is InChI=1S/C18H12ClF3N2O2S/c1-25-26-27-13-9-7-12(8-10-13)15-14(11-5-3-2-4-6-11)16(19)24-17(23-15)18(20,21)22/h2-10H,1H3. The first kappa shape index (κ1) is 19.6. The van der Waals surface area contributed by atoms with Crippen LogP contribution in [0.15, 0.2) is 59.5 Å². The molecular formula is C18H12ClF3N2O2S. The molecule has 0 fully saturated rings. The van der Waals surface area contributed by atoms with Gasteiger partial charge in [-0.05, 0) is 17.7 Å². The summed E-state index contributed by atoms with van der Waals surface area (Å²) >= 11 is 7.11. The van der Waals surface area contributed by atoms with Crippen molar-refractivity contribution in [2.24, 2.45) is 0 Å². The van der Waals surface area contributed by atoms with Crippen molar-refractivity contribution in [1.82, 2.24) is 9.97 Å². The molecule has 3 rings (SSSR count). The molecule has 0 aliphatic carbocycles. The van der Waals surface area contributed by atoms with Crippen LogP contribution in [0.2, 0.25) is 5.15 Å². The summed E-state index contributed by atoms with van der Waals surface area (Å²) in [6.07, 6.45) is -4.71. The van der Waals surface area contributed by atoms with Gasteiger partial charge in [0.15, 0.2) is 0 Å². The molecule has 0 saturated carbocycles. The van der Waals surface area contributed by atoms with Crippen molar-refractivity contribution in [2.75, 3.05) is 7.11 Å². The normalized spacial score (nSPS) is 11.6. The maximum absolute atomic E-state index is 13.2. The third kappa shape index (κ3) is 4.59. The van der Waals surface area contributed by atoms with E-state index in [0.29, 0.717) is 21.6 Å². The monoisotopic (exact) mass is 412 g/mol. The van der Waals surface area contributed by atoms with Gasteiger partial charge >= 0.3 is 6.18 Å². The van der Waals surface area contributed by atoms with Crippen LogP contribution >= 0.6 is 23.6 Å². The molecule has 9 heteroatoms. The van der Waals surface area contributed by atoms with E-state index < -0.39 is 12.0 Å². The Morgan fingerprint density at radius 3 is 2.19 bits per heavy atom. The van der Waals surface area contributed by atoms with Gasteiger partial charge in [0.2, 0.25) is 5.82 Å². The van der Waals surface area contributed by atoms with Crippen LogP contribution in [-0.2, 0) is 15.4 Å². The lowest BCUT2D eigenvalue weighted by Crippen LogP contribution is -2.12. The average Bonchev–Trinajstić information content (AvgIpc) is 2.66. The van der Waals surface area contributed by atoms with Crippen molar-refractivity contribution in [2.45, 2.75) is 11.1 Å². The minimum absolute atomic E-state index is 0.0951. The van der Waals surface area contributed by atoms with Crippen LogP contribution in [-0.4, -0.2) is 17.1 Å². The Labute approximate surface area is 162 Å². The number of nitrogens with zero attached hydrogens (tertiary/aromatic N) is 2. The number of hydrogen-bond donors (Lipinski definition) is 0. The van der Waals surface area contributed by atoms with E-state index in [1.54, 1.807) is 54.6 Å². The molecule has 0 radical (unpaired) electrons. The zero-order valence-electron chi connectivity index (χ0n) is 13.8. The molecule has 1 heterocycles. The lowest BCUT2D eigenvalue weighted by molar-refractivity contribution is -0.160. The second-order valence-corrected chi connectivity index (χ2v) is 6.40. The third-order valence-electron chi connectivity index (χ3n) is 3.51. The summed E-state index contributed by atoms with van der Waals surface area (Å²) in [6, 6.07) is 15.4. The van der Waals surface area contributed by atoms with Crippen LogP contribution in [0.3, 0.4) is 0 Å². The largest absolute Gasteiger partial charge is 0.451 e. The fourth-order valence-electron chi connectivity index (χ4n) is 2.37. The number of halogens is 4. The first-order valence-corrected chi connectivity index (χ1v) is 8.70. The van der Waals surface area contributed by atoms with Gasteiger partial charge in [0, 0.05) is 16.0 Å². The SMILES string of the molecule is COOSc1ccc(-c2nc(C(F)(F)F)nc(Cl)c2-c2ccccc2)cc1. The lowest BCUT2D eigenvalue weighted by Gasteiger charge is -2.14. The third-order valence-corrected chi connectivity index (χ3v) is 4.45. The van der Waals surface area contributed by atoms with Crippen molar-refractivity contribution < 1.29 is 22.4 Å². The molecule has 140 valence electrons. The van der Waals surface area contributed by atoms with E-state index in [-0.39, 0.29) is 10.8 Å². The van der Waals surface area contributed by atoms with Gasteiger partial charge < -0.3 is 0 Å². The summed E-state index contributed by atoms with van der Waals surface area (Å²) in [4.78, 5) is 12.4. The highest BCUT2D eigenvalue weighted by molar-refractivity contribution is 7.94. The smallest absolute Gasteiger partial charge is 0.227 e. The van der Waals surface area contributed by atoms with E-state index in [2.05, 4.69) is 14.9 Å². The Hall–Kier alpha value is -2.13. The van der Waals surface area contributed by atoms with Crippen LogP contribution < -0.4 is 0 Å². The summed E-state index contributed by atoms with van der Waals surface area (Å²) < 4.78 is 44.3. The second-order valence-electron chi connectivity index (χ2n) is 5.27. The Bertz CT molecular complexity index is 922. The van der Waals surface area contributed by atoms with Crippen molar-refractivity contribution in [1.29, 1.82) is 0 Å². The summed E-state index contributed by atoms with van der Waals surface area (Å²) in [5.74, 6) is -1.29. The zero-order valence-corrected chi connectivity index (χ0v) is 15.4. The van der Waals surface area contributed by atoms with Gasteiger partial charge in [-0.3, -0.25) is 0 Å². The molecule has 0 aliphatic heterocycles. The van der Waals surface area contributed by atoms with Gasteiger partial charge in [0.1, 0.15) is 5.15 Å². The Balaban J connectivity index is 2.15. The summed E-state index contributed by atoms with van der Waals surface area (Å²) in [5.41, 5.74) is 1.51. The molecule has 0 spiro atoms. The van der Waals surface area contributed by atoms with Gasteiger partial charge in [-0.25, -0.2) is 14.9 Å². The number of alkyl halides is 3. The van der Waals surface area contributed by atoms with E-state index in [1.807, 2.05) is 0 Å². The van der Waals surface area contributed by atoms with Gasteiger partial charge in [-0.15, -0.1) is 0 Å². The van der Waals surface area contributed by atoms with Gasteiger partial charge in [0.05, 0.1) is 24.8 Å². The predicted octanol–water partition coefficient (Wildman–Crippen LogP) is 6.07. The first-order valence-electron chi connectivity index (χ1n) is 7.58.